The van der Waals surface area contributed by atoms with Crippen molar-refractivity contribution in [2.75, 3.05) is 6.54 Å². The van der Waals surface area contributed by atoms with Crippen LogP contribution in [0.1, 0.15) is 49.5 Å². The van der Waals surface area contributed by atoms with Gasteiger partial charge in [-0.1, -0.05) is 32.4 Å². The van der Waals surface area contributed by atoms with Gasteiger partial charge in [-0.2, -0.15) is 0 Å². The van der Waals surface area contributed by atoms with Crippen LogP contribution in [0.3, 0.4) is 0 Å². The van der Waals surface area contributed by atoms with Crippen LogP contribution in [-0.4, -0.2) is 34.0 Å². The Bertz CT molecular complexity index is 682. The summed E-state index contributed by atoms with van der Waals surface area (Å²) in [6.07, 6.45) is 1.99. The molecule has 24 heavy (non-hydrogen) atoms. The Balaban J connectivity index is 2.10. The third-order valence-electron chi connectivity index (χ3n) is 4.30. The molecule has 6 nitrogen and oxygen atoms in total. The topological polar surface area (TPSA) is 93.4 Å². The molecule has 7 heteroatoms. The van der Waals surface area contributed by atoms with Crippen LogP contribution in [0.4, 0.5) is 0 Å². The molecular formula is C17H22ClN3O3. The molecule has 1 aromatic rings. The van der Waals surface area contributed by atoms with E-state index in [0.29, 0.717) is 23.7 Å². The van der Waals surface area contributed by atoms with Crippen molar-refractivity contribution in [2.45, 2.75) is 40.2 Å². The molecular weight excluding hydrogens is 330 g/mol. The maximum absolute atomic E-state index is 12.7. The molecule has 2 N–H and O–H groups in total. The number of hydrogen-bond acceptors (Lipinski definition) is 4. The van der Waals surface area contributed by atoms with E-state index in [4.69, 9.17) is 17.3 Å². The van der Waals surface area contributed by atoms with E-state index in [9.17, 15) is 14.4 Å². The fourth-order valence-corrected chi connectivity index (χ4v) is 3.21. The van der Waals surface area contributed by atoms with Gasteiger partial charge in [-0.15, -0.1) is 0 Å². The predicted molar refractivity (Wildman–Crippen MR) is 90.4 cm³/mol. The second-order valence-corrected chi connectivity index (χ2v) is 7.60. The van der Waals surface area contributed by atoms with Crippen LogP contribution >= 0.6 is 11.6 Å². The molecule has 0 saturated heterocycles. The Labute approximate surface area is 146 Å². The number of Topliss-reactive ketones (excluding diaryl/α,β-unsaturated/α-hetero) is 1. The average Bonchev–Trinajstić information content (AvgIpc) is 2.73. The van der Waals surface area contributed by atoms with Crippen molar-refractivity contribution in [3.8, 4) is 0 Å². The lowest BCUT2D eigenvalue weighted by atomic mass is 9.75. The summed E-state index contributed by atoms with van der Waals surface area (Å²) in [4.78, 5) is 41.6. The van der Waals surface area contributed by atoms with Crippen molar-refractivity contribution in [1.82, 2.24) is 9.88 Å². The van der Waals surface area contributed by atoms with E-state index in [1.54, 1.807) is 6.07 Å². The number of nitrogens with zero attached hydrogens (tertiary/aromatic N) is 2. The van der Waals surface area contributed by atoms with Crippen LogP contribution in [0.15, 0.2) is 12.3 Å². The lowest BCUT2D eigenvalue weighted by molar-refractivity contribution is -0.127. The van der Waals surface area contributed by atoms with Crippen molar-refractivity contribution in [2.24, 2.45) is 17.1 Å². The van der Waals surface area contributed by atoms with Crippen molar-refractivity contribution in [1.29, 1.82) is 0 Å². The minimum absolute atomic E-state index is 0.00578. The van der Waals surface area contributed by atoms with Gasteiger partial charge in [-0.05, 0) is 23.5 Å². The maximum atomic E-state index is 12.7. The van der Waals surface area contributed by atoms with Crippen LogP contribution in [-0.2, 0) is 16.1 Å². The second kappa shape index (κ2) is 6.89. The van der Waals surface area contributed by atoms with Gasteiger partial charge < -0.3 is 10.6 Å². The van der Waals surface area contributed by atoms with Crippen LogP contribution in [0.5, 0.6) is 0 Å². The highest BCUT2D eigenvalue weighted by atomic mass is 35.5. The largest absolute Gasteiger partial charge is 0.370 e. The number of nitrogens with two attached hydrogens (primary N) is 1. The molecule has 0 aliphatic carbocycles. The van der Waals surface area contributed by atoms with E-state index in [2.05, 4.69) is 4.98 Å². The molecule has 1 aromatic heterocycles. The molecule has 2 heterocycles. The van der Waals surface area contributed by atoms with Crippen molar-refractivity contribution < 1.29 is 14.4 Å². The SMILES string of the molecule is CC(C)(C)C(CCC(N)=O)C(=O)CN1Cc2cc(Cl)ncc2C1=O. The van der Waals surface area contributed by atoms with Gasteiger partial charge in [0, 0.05) is 25.1 Å². The smallest absolute Gasteiger partial charge is 0.256 e. The molecule has 2 rings (SSSR count). The van der Waals surface area contributed by atoms with Gasteiger partial charge in [0.1, 0.15) is 5.15 Å². The Morgan fingerprint density at radius 2 is 2.08 bits per heavy atom. The van der Waals surface area contributed by atoms with Gasteiger partial charge in [0.2, 0.25) is 5.91 Å². The monoisotopic (exact) mass is 351 g/mol. The normalized spacial score (nSPS) is 15.3. The highest BCUT2D eigenvalue weighted by Gasteiger charge is 2.35. The fourth-order valence-electron chi connectivity index (χ4n) is 3.03. The first-order valence-corrected chi connectivity index (χ1v) is 8.22. The third kappa shape index (κ3) is 4.12. The van der Waals surface area contributed by atoms with E-state index < -0.39 is 5.91 Å². The molecule has 0 bridgehead atoms. The molecule has 0 aromatic carbocycles. The molecule has 1 aliphatic heterocycles. The minimum atomic E-state index is -0.428. The number of primary amides is 1. The van der Waals surface area contributed by atoms with Crippen molar-refractivity contribution >= 4 is 29.2 Å². The zero-order valence-electron chi connectivity index (χ0n) is 14.1. The number of pyridine rings is 1. The summed E-state index contributed by atoms with van der Waals surface area (Å²) in [6.45, 7) is 6.18. The Morgan fingerprint density at radius 1 is 1.42 bits per heavy atom. The van der Waals surface area contributed by atoms with E-state index in [-0.39, 0.29) is 36.0 Å². The first-order valence-electron chi connectivity index (χ1n) is 7.84. The Kier molecular flexibility index (Phi) is 5.28. The van der Waals surface area contributed by atoms with E-state index in [1.165, 1.54) is 11.1 Å². The number of rotatable bonds is 6. The number of amides is 2. The number of ketones is 1. The van der Waals surface area contributed by atoms with Gasteiger partial charge in [0.05, 0.1) is 12.1 Å². The van der Waals surface area contributed by atoms with Gasteiger partial charge in [-0.25, -0.2) is 4.98 Å². The lowest BCUT2D eigenvalue weighted by Crippen LogP contribution is -2.38. The summed E-state index contributed by atoms with van der Waals surface area (Å²) >= 11 is 5.85. The standard InChI is InChI=1S/C17H22ClN3O3/c1-17(2,3)12(4-5-15(19)23)13(22)9-21-8-10-6-14(18)20-7-11(10)16(21)24/h6-7,12H,4-5,8-9H2,1-3H3,(H2,19,23). The highest BCUT2D eigenvalue weighted by molar-refractivity contribution is 6.29. The number of hydrogen-bond donors (Lipinski definition) is 1. The number of carbonyl (C=O) groups excluding carboxylic acids is 3. The zero-order valence-corrected chi connectivity index (χ0v) is 14.9. The van der Waals surface area contributed by atoms with E-state index in [1.807, 2.05) is 20.8 Å². The highest BCUT2D eigenvalue weighted by Crippen LogP contribution is 2.32. The molecule has 2 amide bonds. The third-order valence-corrected chi connectivity index (χ3v) is 4.50. The average molecular weight is 352 g/mol. The first kappa shape index (κ1) is 18.4. The van der Waals surface area contributed by atoms with E-state index >= 15 is 0 Å². The number of fused-ring (bicyclic) bond motifs is 1. The summed E-state index contributed by atoms with van der Waals surface area (Å²) in [5.74, 6) is -1.06. The van der Waals surface area contributed by atoms with Crippen LogP contribution in [0.25, 0.3) is 0 Å². The molecule has 1 unspecified atom stereocenters. The zero-order chi connectivity index (χ0) is 18.1. The predicted octanol–water partition coefficient (Wildman–Crippen LogP) is 2.19. The van der Waals surface area contributed by atoms with Crippen molar-refractivity contribution in [3.05, 3.63) is 28.5 Å². The summed E-state index contributed by atoms with van der Waals surface area (Å²) < 4.78 is 0. The molecule has 130 valence electrons. The second-order valence-electron chi connectivity index (χ2n) is 7.22. The van der Waals surface area contributed by atoms with Gasteiger partial charge in [0.25, 0.3) is 5.91 Å². The molecule has 0 saturated carbocycles. The molecule has 0 radical (unpaired) electrons. The van der Waals surface area contributed by atoms with Gasteiger partial charge in [0.15, 0.2) is 5.78 Å². The Morgan fingerprint density at radius 3 is 2.67 bits per heavy atom. The summed E-state index contributed by atoms with van der Waals surface area (Å²) in [6, 6.07) is 1.65. The van der Waals surface area contributed by atoms with Crippen LogP contribution in [0, 0.1) is 11.3 Å². The molecule has 1 atom stereocenters. The van der Waals surface area contributed by atoms with Crippen molar-refractivity contribution in [3.63, 3.8) is 0 Å². The summed E-state index contributed by atoms with van der Waals surface area (Å²) in [5, 5.41) is 0.323. The first-order chi connectivity index (χ1) is 11.1. The van der Waals surface area contributed by atoms with Crippen LogP contribution in [0.2, 0.25) is 5.15 Å². The van der Waals surface area contributed by atoms with E-state index in [0.717, 1.165) is 5.56 Å². The van der Waals surface area contributed by atoms with Gasteiger partial charge in [-0.3, -0.25) is 14.4 Å². The Hall–Kier alpha value is -1.95. The fraction of sp³-hybridized carbons (Fsp3) is 0.529. The molecule has 1 aliphatic rings. The number of carbonyl (C=O) groups is 3. The lowest BCUT2D eigenvalue weighted by Gasteiger charge is -2.30. The minimum Gasteiger partial charge on any atom is -0.370 e. The number of aromatic nitrogens is 1. The summed E-state index contributed by atoms with van der Waals surface area (Å²) in [7, 11) is 0. The molecule has 0 spiro atoms. The summed E-state index contributed by atoms with van der Waals surface area (Å²) in [5.41, 5.74) is 6.15. The van der Waals surface area contributed by atoms with Crippen LogP contribution < -0.4 is 5.73 Å². The van der Waals surface area contributed by atoms with Gasteiger partial charge >= 0.3 is 0 Å². The number of halogens is 1. The molecule has 0 fully saturated rings. The quantitative estimate of drug-likeness (QED) is 0.795. The maximum Gasteiger partial charge on any atom is 0.256 e.